The summed E-state index contributed by atoms with van der Waals surface area (Å²) in [7, 11) is 5.15. The Balaban J connectivity index is 2.54. The highest BCUT2D eigenvalue weighted by atomic mass is 16.3. The van der Waals surface area contributed by atoms with E-state index >= 15 is 0 Å². The predicted molar refractivity (Wildman–Crippen MR) is 82.4 cm³/mol. The first-order chi connectivity index (χ1) is 10.3. The Bertz CT molecular complexity index is 789. The molecular formula is C13H18N6O3. The van der Waals surface area contributed by atoms with Crippen LogP contribution in [0.3, 0.4) is 0 Å². The van der Waals surface area contributed by atoms with Crippen LogP contribution in [-0.4, -0.2) is 60.8 Å². The highest BCUT2D eigenvalue weighted by Gasteiger charge is 2.16. The molecule has 0 aromatic carbocycles. The van der Waals surface area contributed by atoms with Crippen LogP contribution < -0.4 is 5.56 Å². The number of aromatic nitrogens is 4. The predicted octanol–water partition coefficient (Wildman–Crippen LogP) is -0.216. The summed E-state index contributed by atoms with van der Waals surface area (Å²) in [5, 5.41) is 18.9. The molecule has 0 saturated heterocycles. The minimum atomic E-state index is -1.17. The number of aliphatic hydroxyl groups is 2. The lowest BCUT2D eigenvalue weighted by Crippen LogP contribution is -2.21. The van der Waals surface area contributed by atoms with Gasteiger partial charge in [0.15, 0.2) is 11.2 Å². The molecule has 0 aliphatic carbocycles. The van der Waals surface area contributed by atoms with Crippen molar-refractivity contribution in [2.24, 2.45) is 12.0 Å². The normalized spacial score (nSPS) is 12.9. The van der Waals surface area contributed by atoms with Gasteiger partial charge in [-0.3, -0.25) is 9.36 Å². The molecule has 0 saturated carbocycles. The Morgan fingerprint density at radius 1 is 1.59 bits per heavy atom. The first-order valence-electron chi connectivity index (χ1n) is 6.49. The molecule has 9 nitrogen and oxygen atoms in total. The third-order valence-electron chi connectivity index (χ3n) is 2.98. The summed E-state index contributed by atoms with van der Waals surface area (Å²) in [6.07, 6.45) is 1.74. The largest absolute Gasteiger partial charge is 0.510 e. The Morgan fingerprint density at radius 2 is 2.27 bits per heavy atom. The molecule has 2 aromatic rings. The van der Waals surface area contributed by atoms with Gasteiger partial charge in [0, 0.05) is 21.1 Å². The number of nitrogens with zero attached hydrogens (tertiary/aromatic N) is 6. The van der Waals surface area contributed by atoms with Crippen molar-refractivity contribution in [1.29, 1.82) is 0 Å². The molecular weight excluding hydrogens is 288 g/mol. The first kappa shape index (κ1) is 15.7. The number of aliphatic hydroxyl groups excluding tert-OH is 2. The molecule has 1 atom stereocenters. The SMILES string of the molecule is C=C(O)[C@@H](O)Cn1cnc2c(=O)n(C)c(/N=C/N(C)C)nc21. The molecule has 2 aromatic heterocycles. The van der Waals surface area contributed by atoms with Gasteiger partial charge in [-0.1, -0.05) is 6.58 Å². The zero-order valence-corrected chi connectivity index (χ0v) is 12.6. The van der Waals surface area contributed by atoms with Crippen molar-refractivity contribution < 1.29 is 10.2 Å². The second-order valence-corrected chi connectivity index (χ2v) is 5.06. The van der Waals surface area contributed by atoms with E-state index < -0.39 is 6.10 Å². The van der Waals surface area contributed by atoms with Crippen LogP contribution >= 0.6 is 0 Å². The highest BCUT2D eigenvalue weighted by Crippen LogP contribution is 2.13. The molecule has 0 bridgehead atoms. The average molecular weight is 306 g/mol. The fourth-order valence-corrected chi connectivity index (χ4v) is 1.77. The summed E-state index contributed by atoms with van der Waals surface area (Å²) < 4.78 is 2.76. The Kier molecular flexibility index (Phi) is 4.27. The lowest BCUT2D eigenvalue weighted by molar-refractivity contribution is 0.138. The fourth-order valence-electron chi connectivity index (χ4n) is 1.77. The van der Waals surface area contributed by atoms with Gasteiger partial charge < -0.3 is 19.7 Å². The molecule has 22 heavy (non-hydrogen) atoms. The van der Waals surface area contributed by atoms with Gasteiger partial charge in [0.2, 0.25) is 5.95 Å². The van der Waals surface area contributed by atoms with E-state index in [9.17, 15) is 15.0 Å². The molecule has 0 radical (unpaired) electrons. The average Bonchev–Trinajstić information content (AvgIpc) is 2.84. The van der Waals surface area contributed by atoms with Crippen molar-refractivity contribution in [3.63, 3.8) is 0 Å². The van der Waals surface area contributed by atoms with E-state index in [2.05, 4.69) is 21.5 Å². The van der Waals surface area contributed by atoms with E-state index in [0.29, 0.717) is 0 Å². The van der Waals surface area contributed by atoms with Crippen LogP contribution in [0, 0.1) is 0 Å². The van der Waals surface area contributed by atoms with Crippen molar-refractivity contribution in [1.82, 2.24) is 24.0 Å². The molecule has 0 aliphatic heterocycles. The lowest BCUT2D eigenvalue weighted by atomic mass is 10.3. The van der Waals surface area contributed by atoms with Crippen LogP contribution in [0.2, 0.25) is 0 Å². The second-order valence-electron chi connectivity index (χ2n) is 5.06. The maximum absolute atomic E-state index is 12.3. The van der Waals surface area contributed by atoms with Crippen LogP contribution in [0.5, 0.6) is 0 Å². The van der Waals surface area contributed by atoms with E-state index in [4.69, 9.17) is 0 Å². The standard InChI is InChI=1S/C13H18N6O3/c1-8(20)9(21)5-19-7-14-10-11(19)16-13(15-6-17(2)3)18(4)12(10)22/h6-7,9,20-21H,1,5H2,2-4H3/b15-6+/t9-/m0/s1. The van der Waals surface area contributed by atoms with E-state index in [1.165, 1.54) is 21.8 Å². The van der Waals surface area contributed by atoms with E-state index in [1.54, 1.807) is 26.0 Å². The van der Waals surface area contributed by atoms with E-state index in [1.807, 2.05) is 0 Å². The van der Waals surface area contributed by atoms with Gasteiger partial charge in [0.25, 0.3) is 5.56 Å². The first-order valence-corrected chi connectivity index (χ1v) is 6.49. The van der Waals surface area contributed by atoms with E-state index in [-0.39, 0.29) is 35.0 Å². The van der Waals surface area contributed by atoms with Gasteiger partial charge in [-0.25, -0.2) is 9.98 Å². The molecule has 2 heterocycles. The summed E-state index contributed by atoms with van der Waals surface area (Å²) in [6, 6.07) is 0. The van der Waals surface area contributed by atoms with Crippen LogP contribution in [0.15, 0.2) is 28.5 Å². The summed E-state index contributed by atoms with van der Waals surface area (Å²) in [6.45, 7) is 3.26. The fraction of sp³-hybridized carbons (Fsp3) is 0.385. The summed E-state index contributed by atoms with van der Waals surface area (Å²) >= 11 is 0. The van der Waals surface area contributed by atoms with Crippen molar-refractivity contribution in [3.05, 3.63) is 29.0 Å². The quantitative estimate of drug-likeness (QED) is 0.449. The third kappa shape index (κ3) is 2.98. The number of hydrogen-bond donors (Lipinski definition) is 2. The molecule has 0 spiro atoms. The highest BCUT2D eigenvalue weighted by molar-refractivity contribution is 5.71. The number of imidazole rings is 1. The van der Waals surface area contributed by atoms with Gasteiger partial charge in [-0.15, -0.1) is 0 Å². The molecule has 0 fully saturated rings. The number of rotatable bonds is 5. The van der Waals surface area contributed by atoms with Crippen molar-refractivity contribution in [3.8, 4) is 0 Å². The molecule has 118 valence electrons. The number of aliphatic imine (C=N–C) groups is 1. The number of hydrogen-bond acceptors (Lipinski definition) is 6. The van der Waals surface area contributed by atoms with Crippen LogP contribution in [-0.2, 0) is 13.6 Å². The van der Waals surface area contributed by atoms with Crippen LogP contribution in [0.25, 0.3) is 11.2 Å². The molecule has 2 rings (SSSR count). The molecule has 0 aliphatic rings. The Labute approximate surface area is 126 Å². The lowest BCUT2D eigenvalue weighted by Gasteiger charge is -2.10. The minimum Gasteiger partial charge on any atom is -0.510 e. The zero-order valence-electron chi connectivity index (χ0n) is 12.6. The molecule has 0 unspecified atom stereocenters. The van der Waals surface area contributed by atoms with Crippen LogP contribution in [0.4, 0.5) is 5.95 Å². The number of fused-ring (bicyclic) bond motifs is 1. The van der Waals surface area contributed by atoms with Crippen molar-refractivity contribution >= 4 is 23.5 Å². The molecule has 2 N–H and O–H groups in total. The van der Waals surface area contributed by atoms with Gasteiger partial charge in [-0.05, 0) is 0 Å². The van der Waals surface area contributed by atoms with Crippen molar-refractivity contribution in [2.75, 3.05) is 14.1 Å². The molecule has 9 heteroatoms. The second kappa shape index (κ2) is 5.98. The maximum Gasteiger partial charge on any atom is 0.282 e. The summed E-state index contributed by atoms with van der Waals surface area (Å²) in [5.41, 5.74) is 0.114. The van der Waals surface area contributed by atoms with Crippen molar-refractivity contribution in [2.45, 2.75) is 12.6 Å². The van der Waals surface area contributed by atoms with Gasteiger partial charge in [-0.2, -0.15) is 4.98 Å². The smallest absolute Gasteiger partial charge is 0.282 e. The van der Waals surface area contributed by atoms with E-state index in [0.717, 1.165) is 0 Å². The van der Waals surface area contributed by atoms with Gasteiger partial charge >= 0.3 is 0 Å². The minimum absolute atomic E-state index is 0.0111. The summed E-state index contributed by atoms with van der Waals surface area (Å²) in [5.74, 6) is -0.151. The van der Waals surface area contributed by atoms with Gasteiger partial charge in [0.05, 0.1) is 19.2 Å². The Hall–Kier alpha value is -2.68. The Morgan fingerprint density at radius 3 is 2.86 bits per heavy atom. The summed E-state index contributed by atoms with van der Waals surface area (Å²) in [4.78, 5) is 26.4. The maximum atomic E-state index is 12.3. The zero-order chi connectivity index (χ0) is 16.4. The van der Waals surface area contributed by atoms with Gasteiger partial charge in [0.1, 0.15) is 11.9 Å². The van der Waals surface area contributed by atoms with Crippen LogP contribution in [0.1, 0.15) is 0 Å². The topological polar surface area (TPSA) is 109 Å². The monoisotopic (exact) mass is 306 g/mol. The molecule has 0 amide bonds. The third-order valence-corrected chi connectivity index (χ3v) is 2.98.